The van der Waals surface area contributed by atoms with Crippen molar-refractivity contribution in [1.29, 1.82) is 0 Å². The highest BCUT2D eigenvalue weighted by molar-refractivity contribution is 5.30. The molecule has 2 nitrogen and oxygen atoms in total. The Morgan fingerprint density at radius 1 is 1.31 bits per heavy atom. The minimum atomic E-state index is -0.449. The van der Waals surface area contributed by atoms with Crippen molar-refractivity contribution in [3.63, 3.8) is 0 Å². The molecule has 16 heavy (non-hydrogen) atoms. The highest BCUT2D eigenvalue weighted by Gasteiger charge is 2.41. The average molecular weight is 228 g/mol. The number of aliphatic hydroxyl groups excluding tert-OH is 1. The summed E-state index contributed by atoms with van der Waals surface area (Å²) in [6, 6.07) is 3.48. The third kappa shape index (κ3) is 1.95. The zero-order chi connectivity index (χ0) is 11.6. The highest BCUT2D eigenvalue weighted by Crippen LogP contribution is 2.38. The summed E-state index contributed by atoms with van der Waals surface area (Å²) in [4.78, 5) is 0. The lowest BCUT2D eigenvalue weighted by Crippen LogP contribution is -2.47. The van der Waals surface area contributed by atoms with Crippen molar-refractivity contribution in [2.45, 2.75) is 18.3 Å². The summed E-state index contributed by atoms with van der Waals surface area (Å²) in [5.41, 5.74) is -0.0817. The standard InChI is InChI=1S/C12H14F2O2/c13-9-2-3-11(14)10(6-9)12(4-1-5-15)7-16-8-12/h2-3,6,15H,1,4-5,7-8H2. The SMILES string of the molecule is OCCCC1(c2cc(F)ccc2F)COC1. The first kappa shape index (κ1) is 11.5. The predicted octanol–water partition coefficient (Wildman–Crippen LogP) is 2.01. The van der Waals surface area contributed by atoms with Gasteiger partial charge in [0.15, 0.2) is 0 Å². The van der Waals surface area contributed by atoms with E-state index in [-0.39, 0.29) is 6.61 Å². The van der Waals surface area contributed by atoms with Crippen LogP contribution < -0.4 is 0 Å². The van der Waals surface area contributed by atoms with Crippen LogP contribution in [0.25, 0.3) is 0 Å². The second kappa shape index (κ2) is 4.47. The van der Waals surface area contributed by atoms with Gasteiger partial charge in [-0.1, -0.05) is 0 Å². The number of ether oxygens (including phenoxy) is 1. The topological polar surface area (TPSA) is 29.5 Å². The fourth-order valence-corrected chi connectivity index (χ4v) is 2.10. The molecule has 0 bridgehead atoms. The van der Waals surface area contributed by atoms with Crippen molar-refractivity contribution in [1.82, 2.24) is 0 Å². The van der Waals surface area contributed by atoms with Crippen molar-refractivity contribution in [2.24, 2.45) is 0 Å². The van der Waals surface area contributed by atoms with E-state index in [0.29, 0.717) is 31.6 Å². The van der Waals surface area contributed by atoms with Gasteiger partial charge in [0.05, 0.1) is 13.2 Å². The van der Waals surface area contributed by atoms with Gasteiger partial charge in [-0.3, -0.25) is 0 Å². The summed E-state index contributed by atoms with van der Waals surface area (Å²) in [5, 5.41) is 8.81. The molecule has 1 aromatic carbocycles. The van der Waals surface area contributed by atoms with E-state index in [2.05, 4.69) is 0 Å². The molecule has 0 spiro atoms. The van der Waals surface area contributed by atoms with Crippen molar-refractivity contribution in [3.05, 3.63) is 35.4 Å². The number of rotatable bonds is 4. The predicted molar refractivity (Wildman–Crippen MR) is 55.2 cm³/mol. The molecule has 1 aliphatic rings. The molecule has 0 unspecified atom stereocenters. The molecule has 1 aromatic rings. The molecule has 2 rings (SSSR count). The van der Waals surface area contributed by atoms with Crippen LogP contribution in [-0.2, 0) is 10.2 Å². The van der Waals surface area contributed by atoms with Gasteiger partial charge >= 0.3 is 0 Å². The molecule has 0 saturated carbocycles. The quantitative estimate of drug-likeness (QED) is 0.854. The molecule has 0 aromatic heterocycles. The summed E-state index contributed by atoms with van der Waals surface area (Å²) in [7, 11) is 0. The van der Waals surface area contributed by atoms with Crippen LogP contribution in [-0.4, -0.2) is 24.9 Å². The van der Waals surface area contributed by atoms with Gasteiger partial charge < -0.3 is 9.84 Å². The van der Waals surface area contributed by atoms with Gasteiger partial charge in [-0.25, -0.2) is 8.78 Å². The third-order valence-electron chi connectivity index (χ3n) is 3.07. The summed E-state index contributed by atoms with van der Waals surface area (Å²) >= 11 is 0. The summed E-state index contributed by atoms with van der Waals surface area (Å²) in [6.45, 7) is 0.847. The maximum absolute atomic E-state index is 13.6. The van der Waals surface area contributed by atoms with Crippen LogP contribution in [0.3, 0.4) is 0 Å². The number of halogens is 2. The molecule has 0 amide bonds. The fourth-order valence-electron chi connectivity index (χ4n) is 2.10. The smallest absolute Gasteiger partial charge is 0.127 e. The Hall–Kier alpha value is -1.00. The maximum Gasteiger partial charge on any atom is 0.127 e. The second-order valence-electron chi connectivity index (χ2n) is 4.22. The Morgan fingerprint density at radius 3 is 2.62 bits per heavy atom. The molecule has 1 fully saturated rings. The highest BCUT2D eigenvalue weighted by atomic mass is 19.1. The third-order valence-corrected chi connectivity index (χ3v) is 3.07. The van der Waals surface area contributed by atoms with Crippen molar-refractivity contribution in [2.75, 3.05) is 19.8 Å². The zero-order valence-electron chi connectivity index (χ0n) is 8.88. The number of benzene rings is 1. The van der Waals surface area contributed by atoms with Gasteiger partial charge in [0.2, 0.25) is 0 Å². The van der Waals surface area contributed by atoms with Crippen molar-refractivity contribution < 1.29 is 18.6 Å². The monoisotopic (exact) mass is 228 g/mol. The van der Waals surface area contributed by atoms with E-state index in [9.17, 15) is 8.78 Å². The molecule has 1 saturated heterocycles. The van der Waals surface area contributed by atoms with Gasteiger partial charge in [0.1, 0.15) is 11.6 Å². The van der Waals surface area contributed by atoms with Gasteiger partial charge in [0.25, 0.3) is 0 Å². The molecule has 0 radical (unpaired) electrons. The molecular weight excluding hydrogens is 214 g/mol. The first-order valence-electron chi connectivity index (χ1n) is 5.32. The first-order valence-corrected chi connectivity index (χ1v) is 5.32. The van der Waals surface area contributed by atoms with Crippen LogP contribution in [0.5, 0.6) is 0 Å². The van der Waals surface area contributed by atoms with Gasteiger partial charge in [0, 0.05) is 17.6 Å². The largest absolute Gasteiger partial charge is 0.396 e. The minimum Gasteiger partial charge on any atom is -0.396 e. The second-order valence-corrected chi connectivity index (χ2v) is 4.22. The molecular formula is C12H14F2O2. The normalized spacial score (nSPS) is 18.2. The number of hydrogen-bond donors (Lipinski definition) is 1. The fraction of sp³-hybridized carbons (Fsp3) is 0.500. The Labute approximate surface area is 92.9 Å². The van der Waals surface area contributed by atoms with Gasteiger partial charge in [-0.15, -0.1) is 0 Å². The molecule has 88 valence electrons. The lowest BCUT2D eigenvalue weighted by atomic mass is 9.75. The lowest BCUT2D eigenvalue weighted by molar-refractivity contribution is -0.0682. The minimum absolute atomic E-state index is 0.0543. The van der Waals surface area contributed by atoms with E-state index in [1.54, 1.807) is 0 Å². The van der Waals surface area contributed by atoms with E-state index in [0.717, 1.165) is 12.1 Å². The lowest BCUT2D eigenvalue weighted by Gasteiger charge is -2.42. The van der Waals surface area contributed by atoms with Crippen molar-refractivity contribution >= 4 is 0 Å². The molecule has 1 N–H and O–H groups in total. The molecule has 1 aliphatic heterocycles. The van der Waals surface area contributed by atoms with Crippen LogP contribution in [0.1, 0.15) is 18.4 Å². The first-order chi connectivity index (χ1) is 7.68. The Kier molecular flexibility index (Phi) is 3.21. The van der Waals surface area contributed by atoms with E-state index in [1.165, 1.54) is 6.07 Å². The van der Waals surface area contributed by atoms with Gasteiger partial charge in [-0.2, -0.15) is 0 Å². The maximum atomic E-state index is 13.6. The van der Waals surface area contributed by atoms with E-state index < -0.39 is 17.0 Å². The molecule has 4 heteroatoms. The van der Waals surface area contributed by atoms with Crippen molar-refractivity contribution in [3.8, 4) is 0 Å². The van der Waals surface area contributed by atoms with E-state index in [4.69, 9.17) is 9.84 Å². The van der Waals surface area contributed by atoms with Crippen LogP contribution in [0, 0.1) is 11.6 Å². The Bertz CT molecular complexity index is 375. The number of hydrogen-bond acceptors (Lipinski definition) is 2. The van der Waals surface area contributed by atoms with Crippen LogP contribution in [0.2, 0.25) is 0 Å². The molecule has 0 aliphatic carbocycles. The summed E-state index contributed by atoms with van der Waals surface area (Å²) in [6.07, 6.45) is 1.18. The Balaban J connectivity index is 2.28. The van der Waals surface area contributed by atoms with Gasteiger partial charge in [-0.05, 0) is 31.0 Å². The van der Waals surface area contributed by atoms with Crippen LogP contribution >= 0.6 is 0 Å². The molecule has 1 heterocycles. The zero-order valence-corrected chi connectivity index (χ0v) is 8.88. The van der Waals surface area contributed by atoms with Crippen LogP contribution in [0.4, 0.5) is 8.78 Å². The van der Waals surface area contributed by atoms with Crippen LogP contribution in [0.15, 0.2) is 18.2 Å². The average Bonchev–Trinajstić information content (AvgIpc) is 2.21. The molecule has 0 atom stereocenters. The number of aliphatic hydroxyl groups is 1. The Morgan fingerprint density at radius 2 is 2.06 bits per heavy atom. The van der Waals surface area contributed by atoms with E-state index in [1.807, 2.05) is 0 Å². The summed E-state index contributed by atoms with van der Waals surface area (Å²) in [5.74, 6) is -0.839. The van der Waals surface area contributed by atoms with E-state index >= 15 is 0 Å². The summed E-state index contributed by atoms with van der Waals surface area (Å²) < 4.78 is 31.8.